The summed E-state index contributed by atoms with van der Waals surface area (Å²) in [6.45, 7) is 28.0. The topological polar surface area (TPSA) is 1410 Å². The van der Waals surface area contributed by atoms with Crippen molar-refractivity contribution >= 4 is 143 Å². The van der Waals surface area contributed by atoms with E-state index in [1.807, 2.05) is 0 Å². The fourth-order valence-corrected chi connectivity index (χ4v) is 0. The summed E-state index contributed by atoms with van der Waals surface area (Å²) in [5.74, 6) is -31.4. The van der Waals surface area contributed by atoms with Gasteiger partial charge in [0.1, 0.15) is 73.2 Å². The molecule has 24 atom stereocenters. The monoisotopic (exact) mass is 3100 g/mol. The molecule has 4 radical (unpaired) electrons. The second-order valence-corrected chi connectivity index (χ2v) is 24.1. The molecule has 0 amide bonds. The van der Waals surface area contributed by atoms with Crippen molar-refractivity contribution in [3.05, 3.63) is 0 Å². The Morgan fingerprint density at radius 2 is 0.115 bits per heavy atom. The average molecular weight is 3100 g/mol. The first kappa shape index (κ1) is 214. The zero-order valence-corrected chi connectivity index (χ0v) is 99.3. The molecular formula is C72H132O72U4. The van der Waals surface area contributed by atoms with E-state index in [0.29, 0.717) is 0 Å². The third-order valence-electron chi connectivity index (χ3n) is 8.38. The van der Waals surface area contributed by atoms with Gasteiger partial charge in [-0.3, -0.25) is 0 Å². The van der Waals surface area contributed by atoms with Crippen LogP contribution in [0.3, 0.4) is 0 Å². The van der Waals surface area contributed by atoms with Gasteiger partial charge in [-0.15, -0.1) is 0 Å². The van der Waals surface area contributed by atoms with E-state index in [4.69, 9.17) is 184 Å². The number of carboxylic acid groups (broad SMARTS) is 24. The van der Waals surface area contributed by atoms with Crippen molar-refractivity contribution in [2.45, 2.75) is 313 Å². The van der Waals surface area contributed by atoms with Crippen molar-refractivity contribution in [2.24, 2.45) is 0 Å². The summed E-state index contributed by atoms with van der Waals surface area (Å²) in [5.41, 5.74) is 0. The van der Waals surface area contributed by atoms with E-state index in [0.717, 1.165) is 83.1 Å². The van der Waals surface area contributed by atoms with Gasteiger partial charge in [0.2, 0.25) is 0 Å². The van der Waals surface area contributed by atoms with Crippen LogP contribution in [0.1, 0.15) is 166 Å². The van der Waals surface area contributed by atoms with Crippen molar-refractivity contribution in [1.29, 1.82) is 0 Å². The smallest absolute Gasteiger partial charge is 0.547 e. The van der Waals surface area contributed by atoms with E-state index < -0.39 is 290 Å². The Morgan fingerprint density at radius 1 is 0.101 bits per heavy atom. The molecule has 0 aliphatic carbocycles. The fraction of sp³-hybridized carbons (Fsp3) is 0.667. The van der Waals surface area contributed by atoms with E-state index in [1.165, 1.54) is 83.1 Å². The fourth-order valence-electron chi connectivity index (χ4n) is 0. The van der Waals surface area contributed by atoms with Crippen LogP contribution in [-0.4, -0.2) is 474 Å². The maximum atomic E-state index is 9.45. The van der Waals surface area contributed by atoms with Crippen LogP contribution in [-0.2, 0) is 115 Å². The molecule has 0 aromatic carbocycles. The number of hydrogen-bond donors (Lipinski definition) is 36. The van der Waals surface area contributed by atoms with Gasteiger partial charge in [-0.05, 0) is 166 Å². The van der Waals surface area contributed by atoms with Gasteiger partial charge in [0.25, 0.3) is 0 Å². The number of aliphatic hydroxyl groups is 24. The number of carbonyl (C=O) groups excluding carboxylic acids is 12. The first-order valence-electron chi connectivity index (χ1n) is 37.0. The number of aliphatic carboxylic acids is 24. The molecule has 0 bridgehead atoms. The Labute approximate surface area is 933 Å². The molecule has 0 aliphatic rings. The van der Waals surface area contributed by atoms with Gasteiger partial charge in [0.15, 0.2) is 0 Å². The minimum atomic E-state index is -1.44. The van der Waals surface area contributed by atoms with Gasteiger partial charge < -0.3 is 303 Å². The van der Waals surface area contributed by atoms with Crippen molar-refractivity contribution in [3.63, 3.8) is 0 Å². The van der Waals surface area contributed by atoms with Gasteiger partial charge in [0.05, 0.1) is 145 Å². The average Bonchev–Trinajstić information content (AvgIpc) is 2.19. The van der Waals surface area contributed by atoms with Crippen LogP contribution in [0, 0.1) is 124 Å². The summed E-state index contributed by atoms with van der Waals surface area (Å²) in [7, 11) is 0. The van der Waals surface area contributed by atoms with Crippen molar-refractivity contribution in [2.75, 3.05) is 0 Å². The van der Waals surface area contributed by atoms with Crippen LogP contribution in [0.5, 0.6) is 0 Å². The van der Waals surface area contributed by atoms with E-state index in [2.05, 4.69) is 0 Å². The van der Waals surface area contributed by atoms with Gasteiger partial charge in [-0.2, -0.15) is 0 Å². The summed E-state index contributed by atoms with van der Waals surface area (Å²) in [6.07, 6.45) is -30.9. The first-order valence-corrected chi connectivity index (χ1v) is 37.0. The summed E-state index contributed by atoms with van der Waals surface area (Å²) in [6, 6.07) is 0. The quantitative estimate of drug-likeness (QED) is 0.0427. The minimum absolute atomic E-state index is 0. The third-order valence-corrected chi connectivity index (χ3v) is 8.38. The largest absolute Gasteiger partial charge is 3.00 e. The molecule has 0 aromatic heterocycles. The molecule has 0 saturated carbocycles. The number of hydrogen-bond acceptors (Lipinski definition) is 60. The molecule has 0 aliphatic heterocycles. The second-order valence-electron chi connectivity index (χ2n) is 24.1. The van der Waals surface area contributed by atoms with E-state index in [1.54, 1.807) is 0 Å². The van der Waals surface area contributed by atoms with Gasteiger partial charge in [-0.25, -0.2) is 57.5 Å². The predicted octanol–water partition coefficient (Wildman–Crippen LogP) is -29.2. The number of aliphatic hydroxyl groups excluding tert-OH is 24. The van der Waals surface area contributed by atoms with Gasteiger partial charge in [-0.1, -0.05) is 0 Å². The molecule has 148 heavy (non-hydrogen) atoms. The molecule has 36 N–H and O–H groups in total. The van der Waals surface area contributed by atoms with Crippen LogP contribution in [0.4, 0.5) is 0 Å². The Hall–Kier alpha value is -9.47. The molecule has 72 nitrogen and oxygen atoms in total. The van der Waals surface area contributed by atoms with Gasteiger partial charge >= 0.3 is 196 Å². The molecule has 0 aromatic rings. The van der Waals surface area contributed by atoms with Gasteiger partial charge in [0, 0.05) is 0 Å². The van der Waals surface area contributed by atoms with Crippen LogP contribution in [0.2, 0.25) is 0 Å². The molecular weight excluding hydrogens is 2970 g/mol. The van der Waals surface area contributed by atoms with Crippen LogP contribution in [0.25, 0.3) is 0 Å². The Bertz CT molecular complexity index is 2390. The Kier molecular flexibility index (Phi) is 205. The summed E-state index contributed by atoms with van der Waals surface area (Å²) < 4.78 is 0. The van der Waals surface area contributed by atoms with Crippen molar-refractivity contribution in [3.8, 4) is 0 Å². The number of carboxylic acids is 24. The Balaban J connectivity index is -0.0000000390. The predicted molar refractivity (Wildman–Crippen MR) is 432 cm³/mol. The normalized spacial score (nSPS) is 13.3. The number of rotatable bonds is 24. The summed E-state index contributed by atoms with van der Waals surface area (Å²) in [5, 5.41) is 397. The SMILES string of the molecule is CC(O)C(=O)O.CC(O)C(=O)O.CC(O)C(=O)O.CC(O)C(=O)O.CC(O)C(=O)O.CC(O)C(=O)O.CC(O)C(=O)O.CC(O)C(=O)O.CC(O)C(=O)O.CC(O)C(=O)O.CC(O)C(=O)O.CC(O)C(=O)O.CC(O)C(=O)[O-].CC(O)C(=O)[O-].CC(O)C(=O)[O-].CC(O)C(=O)[O-].CC(O)C(=O)[O-].CC(O)C(=O)[O-].CC(O)C(=O)[O-].CC(O)C(=O)[O-].CC(O)C(=O)[O-].CC(O)C(=O)[O-].CC(O)C(=O)[O-].CC(O)C(=O)[O-].[U+3].[U+3].[U+3].[U+3]. The van der Waals surface area contributed by atoms with Crippen molar-refractivity contribution in [1.82, 2.24) is 0 Å². The molecule has 0 spiro atoms. The van der Waals surface area contributed by atoms with E-state index in [-0.39, 0.29) is 124 Å². The van der Waals surface area contributed by atoms with Crippen LogP contribution < -0.4 is 61.3 Å². The van der Waals surface area contributed by atoms with E-state index in [9.17, 15) is 176 Å². The molecule has 0 heterocycles. The zero-order chi connectivity index (χ0) is 124. The minimum Gasteiger partial charge on any atom is -0.547 e. The standard InChI is InChI=1S/24C3H6O3.4U/c24*1-2(4)3(5)6;;;;/h24*2,4H,1H3,(H,5,6);;;;/q;;;;;;;;;;;;;;;;;;;;;;;;4*+3/p-12. The second kappa shape index (κ2) is 142. The van der Waals surface area contributed by atoms with Crippen LogP contribution >= 0.6 is 0 Å². The van der Waals surface area contributed by atoms with E-state index >= 15 is 0 Å². The molecule has 0 fully saturated rings. The molecule has 76 heteroatoms. The molecule has 24 unspecified atom stereocenters. The molecule has 868 valence electrons. The van der Waals surface area contributed by atoms with Crippen LogP contribution in [0.15, 0.2) is 0 Å². The first-order chi connectivity index (χ1) is 63.4. The summed E-state index contributed by atoms with van der Waals surface area (Å²) >= 11 is 0. The Morgan fingerprint density at radius 3 is 0.115 bits per heavy atom. The number of carbonyl (C=O) groups is 24. The summed E-state index contributed by atoms with van der Waals surface area (Å²) in [4.78, 5) is 225. The zero-order valence-electron chi connectivity index (χ0n) is 82.7. The maximum absolute atomic E-state index is 9.45. The third kappa shape index (κ3) is 335. The molecule has 0 rings (SSSR count). The van der Waals surface area contributed by atoms with Crippen molar-refractivity contribution < 1.29 is 485 Å². The maximum Gasteiger partial charge on any atom is 3.00 e. The molecule has 0 saturated heterocycles.